The number of alkyl halides is 1. The van der Waals surface area contributed by atoms with Crippen molar-refractivity contribution in [2.75, 3.05) is 7.05 Å². The summed E-state index contributed by atoms with van der Waals surface area (Å²) in [6, 6.07) is 7.67. The zero-order chi connectivity index (χ0) is 10.8. The van der Waals surface area contributed by atoms with Crippen molar-refractivity contribution in [3.05, 3.63) is 35.2 Å². The number of thiophene rings is 1. The molecule has 0 aliphatic carbocycles. The third kappa shape index (κ3) is 2.03. The lowest BCUT2D eigenvalue weighted by Gasteiger charge is -2.16. The van der Waals surface area contributed by atoms with E-state index in [4.69, 9.17) is 0 Å². The lowest BCUT2D eigenvalue weighted by Crippen LogP contribution is -2.26. The first-order chi connectivity index (χ1) is 7.22. The van der Waals surface area contributed by atoms with Gasteiger partial charge in [0.1, 0.15) is 6.17 Å². The van der Waals surface area contributed by atoms with Crippen molar-refractivity contribution in [1.82, 2.24) is 5.32 Å². The van der Waals surface area contributed by atoms with Gasteiger partial charge in [-0.1, -0.05) is 6.07 Å². The van der Waals surface area contributed by atoms with E-state index in [1.165, 1.54) is 4.70 Å². The van der Waals surface area contributed by atoms with Gasteiger partial charge in [0, 0.05) is 10.7 Å². The molecule has 0 saturated carbocycles. The summed E-state index contributed by atoms with van der Waals surface area (Å²) in [7, 11) is 1.78. The largest absolute Gasteiger partial charge is 0.314 e. The number of hydrogen-bond donors (Lipinski definition) is 1. The van der Waals surface area contributed by atoms with Crippen LogP contribution in [-0.4, -0.2) is 13.1 Å². The third-order valence-electron chi connectivity index (χ3n) is 2.69. The summed E-state index contributed by atoms with van der Waals surface area (Å²) in [4.78, 5) is 0. The van der Waals surface area contributed by atoms with E-state index < -0.39 is 6.17 Å². The monoisotopic (exact) mass is 223 g/mol. The van der Waals surface area contributed by atoms with Crippen molar-refractivity contribution in [3.63, 3.8) is 0 Å². The highest BCUT2D eigenvalue weighted by molar-refractivity contribution is 7.17. The van der Waals surface area contributed by atoms with Crippen LogP contribution in [0.1, 0.15) is 18.7 Å². The Kier molecular flexibility index (Phi) is 3.03. The molecule has 2 aromatic rings. The molecule has 0 spiro atoms. The SMILES string of the molecule is CNC(C)C(F)c1ccc2sccc2c1. The molecule has 3 heteroatoms. The fraction of sp³-hybridized carbons (Fsp3) is 0.333. The standard InChI is InChI=1S/C12H14FNS/c1-8(14-2)12(13)10-3-4-11-9(7-10)5-6-15-11/h3-8,12,14H,1-2H3. The average molecular weight is 223 g/mol. The predicted octanol–water partition coefficient (Wildman–Crippen LogP) is 3.52. The molecule has 1 heterocycles. The van der Waals surface area contributed by atoms with Gasteiger partial charge in [0.2, 0.25) is 0 Å². The molecule has 0 saturated heterocycles. The molecular weight excluding hydrogens is 209 g/mol. The van der Waals surface area contributed by atoms with Crippen molar-refractivity contribution < 1.29 is 4.39 Å². The van der Waals surface area contributed by atoms with Gasteiger partial charge >= 0.3 is 0 Å². The maximum Gasteiger partial charge on any atom is 0.140 e. The van der Waals surface area contributed by atoms with Crippen LogP contribution in [0.4, 0.5) is 4.39 Å². The number of fused-ring (bicyclic) bond motifs is 1. The van der Waals surface area contributed by atoms with Crippen LogP contribution in [0.3, 0.4) is 0 Å². The third-order valence-corrected chi connectivity index (χ3v) is 3.59. The second-order valence-corrected chi connectivity index (χ2v) is 4.64. The normalized spacial score (nSPS) is 15.4. The van der Waals surface area contributed by atoms with Crippen LogP contribution in [0, 0.1) is 0 Å². The van der Waals surface area contributed by atoms with Crippen LogP contribution in [0.5, 0.6) is 0 Å². The van der Waals surface area contributed by atoms with E-state index in [0.29, 0.717) is 0 Å². The van der Waals surface area contributed by atoms with Crippen LogP contribution in [0.15, 0.2) is 29.6 Å². The summed E-state index contributed by atoms with van der Waals surface area (Å²) in [5.41, 5.74) is 0.753. The van der Waals surface area contributed by atoms with Crippen LogP contribution in [0.2, 0.25) is 0 Å². The average Bonchev–Trinajstić information content (AvgIpc) is 2.73. The number of hydrogen-bond acceptors (Lipinski definition) is 2. The van der Waals surface area contributed by atoms with Gasteiger partial charge in [0.05, 0.1) is 0 Å². The van der Waals surface area contributed by atoms with Gasteiger partial charge < -0.3 is 5.32 Å². The minimum atomic E-state index is -0.945. The molecule has 0 aliphatic rings. The Bertz CT molecular complexity index is 452. The van der Waals surface area contributed by atoms with Crippen LogP contribution >= 0.6 is 11.3 Å². The molecule has 0 amide bonds. The minimum absolute atomic E-state index is 0.152. The van der Waals surface area contributed by atoms with E-state index in [-0.39, 0.29) is 6.04 Å². The van der Waals surface area contributed by atoms with Gasteiger partial charge in [-0.3, -0.25) is 0 Å². The van der Waals surface area contributed by atoms with Crippen molar-refractivity contribution in [1.29, 1.82) is 0 Å². The van der Waals surface area contributed by atoms with Crippen molar-refractivity contribution in [3.8, 4) is 0 Å². The Labute approximate surface area is 92.9 Å². The Morgan fingerprint density at radius 2 is 2.13 bits per heavy atom. The van der Waals surface area contributed by atoms with E-state index in [9.17, 15) is 4.39 Å². The molecule has 0 aliphatic heterocycles. The Morgan fingerprint density at radius 1 is 1.33 bits per heavy atom. The van der Waals surface area contributed by atoms with Crippen LogP contribution < -0.4 is 5.32 Å². The molecule has 0 radical (unpaired) electrons. The van der Waals surface area contributed by atoms with E-state index in [1.54, 1.807) is 18.4 Å². The first-order valence-corrected chi connectivity index (χ1v) is 5.89. The second-order valence-electron chi connectivity index (χ2n) is 3.70. The molecule has 2 rings (SSSR count). The lowest BCUT2D eigenvalue weighted by molar-refractivity contribution is 0.275. The minimum Gasteiger partial charge on any atom is -0.314 e. The van der Waals surface area contributed by atoms with Gasteiger partial charge in [-0.25, -0.2) is 4.39 Å². The van der Waals surface area contributed by atoms with Gasteiger partial charge in [-0.2, -0.15) is 0 Å². The first kappa shape index (κ1) is 10.6. The van der Waals surface area contributed by atoms with Crippen molar-refractivity contribution in [2.45, 2.75) is 19.1 Å². The highest BCUT2D eigenvalue weighted by atomic mass is 32.1. The Morgan fingerprint density at radius 3 is 2.87 bits per heavy atom. The van der Waals surface area contributed by atoms with E-state index in [2.05, 4.69) is 5.32 Å². The molecular formula is C12H14FNS. The molecule has 2 unspecified atom stereocenters. The van der Waals surface area contributed by atoms with E-state index in [1.807, 2.05) is 36.6 Å². The van der Waals surface area contributed by atoms with Crippen molar-refractivity contribution >= 4 is 21.4 Å². The number of halogens is 1. The van der Waals surface area contributed by atoms with E-state index in [0.717, 1.165) is 10.9 Å². The molecule has 15 heavy (non-hydrogen) atoms. The zero-order valence-corrected chi connectivity index (χ0v) is 9.64. The summed E-state index contributed by atoms with van der Waals surface area (Å²) in [5, 5.41) is 6.09. The second kappa shape index (κ2) is 4.29. The zero-order valence-electron chi connectivity index (χ0n) is 8.83. The fourth-order valence-electron chi connectivity index (χ4n) is 1.59. The maximum atomic E-state index is 13.9. The summed E-state index contributed by atoms with van der Waals surface area (Å²) < 4.78 is 15.1. The van der Waals surface area contributed by atoms with Gasteiger partial charge in [-0.05, 0) is 48.5 Å². The van der Waals surface area contributed by atoms with Crippen LogP contribution in [-0.2, 0) is 0 Å². The lowest BCUT2D eigenvalue weighted by atomic mass is 10.0. The summed E-state index contributed by atoms with van der Waals surface area (Å²) in [6.07, 6.45) is -0.945. The predicted molar refractivity (Wildman–Crippen MR) is 64.2 cm³/mol. The molecule has 1 aromatic carbocycles. The molecule has 0 bridgehead atoms. The summed E-state index contributed by atoms with van der Waals surface area (Å²) in [6.45, 7) is 1.85. The Balaban J connectivity index is 2.35. The number of rotatable bonds is 3. The maximum absolute atomic E-state index is 13.9. The number of likely N-dealkylation sites (N-methyl/N-ethyl adjacent to an activating group) is 1. The summed E-state index contributed by atoms with van der Waals surface area (Å²) >= 11 is 1.68. The van der Waals surface area contributed by atoms with Crippen LogP contribution in [0.25, 0.3) is 10.1 Å². The smallest absolute Gasteiger partial charge is 0.140 e. The summed E-state index contributed by atoms with van der Waals surface area (Å²) in [5.74, 6) is 0. The molecule has 2 atom stereocenters. The molecule has 80 valence electrons. The highest BCUT2D eigenvalue weighted by Gasteiger charge is 2.16. The van der Waals surface area contributed by atoms with Crippen molar-refractivity contribution in [2.24, 2.45) is 0 Å². The molecule has 1 aromatic heterocycles. The number of benzene rings is 1. The fourth-order valence-corrected chi connectivity index (χ4v) is 2.36. The van der Waals surface area contributed by atoms with E-state index >= 15 is 0 Å². The molecule has 1 N–H and O–H groups in total. The van der Waals surface area contributed by atoms with Gasteiger partial charge in [0.15, 0.2) is 0 Å². The Hall–Kier alpha value is -0.930. The van der Waals surface area contributed by atoms with Gasteiger partial charge in [-0.15, -0.1) is 11.3 Å². The van der Waals surface area contributed by atoms with Gasteiger partial charge in [0.25, 0.3) is 0 Å². The first-order valence-electron chi connectivity index (χ1n) is 5.01. The topological polar surface area (TPSA) is 12.0 Å². The molecule has 1 nitrogen and oxygen atoms in total. The quantitative estimate of drug-likeness (QED) is 0.839. The highest BCUT2D eigenvalue weighted by Crippen LogP contribution is 2.27. The molecule has 0 fully saturated rings. The number of nitrogens with one attached hydrogen (secondary N) is 1.